The highest BCUT2D eigenvalue weighted by molar-refractivity contribution is 6.30. The van der Waals surface area contributed by atoms with Crippen LogP contribution in [0, 0.1) is 0 Å². The highest BCUT2D eigenvalue weighted by Gasteiger charge is 2.13. The van der Waals surface area contributed by atoms with Crippen molar-refractivity contribution < 1.29 is 15.1 Å². The zero-order chi connectivity index (χ0) is 20.9. The van der Waals surface area contributed by atoms with Gasteiger partial charge in [-0.25, -0.2) is 4.98 Å². The quantitative estimate of drug-likeness (QED) is 0.301. The van der Waals surface area contributed by atoms with Crippen LogP contribution in [0.2, 0.25) is 0 Å². The van der Waals surface area contributed by atoms with E-state index in [9.17, 15) is 0 Å². The summed E-state index contributed by atoms with van der Waals surface area (Å²) in [5, 5.41) is 23.9. The second-order valence-electron chi connectivity index (χ2n) is 6.81. The lowest BCUT2D eigenvalue weighted by molar-refractivity contribution is 0.278. The zero-order valence-electron chi connectivity index (χ0n) is 16.2. The minimum atomic E-state index is -2.17. The number of pyridine rings is 1. The Morgan fingerprint density at radius 3 is 1.80 bits per heavy atom. The standard InChI is InChI=1S/C25H17N.BH3O3/c1-3-9-18(10-4-1)21-15-16-24-22(25(21)19-11-5-2-6-12-19)17-20-13-7-8-14-23(20)26-24;2-1(3)4/h1-17H;2-4H. The third kappa shape index (κ3) is 4.24. The van der Waals surface area contributed by atoms with Gasteiger partial charge in [-0.05, 0) is 40.5 Å². The summed E-state index contributed by atoms with van der Waals surface area (Å²) in [6.45, 7) is 0. The molecule has 1 aromatic heterocycles. The van der Waals surface area contributed by atoms with Crippen LogP contribution in [0.3, 0.4) is 0 Å². The van der Waals surface area contributed by atoms with Gasteiger partial charge >= 0.3 is 7.32 Å². The average Bonchev–Trinajstić information content (AvgIpc) is 2.78. The molecule has 4 aromatic carbocycles. The molecule has 5 aromatic rings. The van der Waals surface area contributed by atoms with Crippen LogP contribution in [0.5, 0.6) is 0 Å². The van der Waals surface area contributed by atoms with Crippen molar-refractivity contribution in [3.8, 4) is 22.3 Å². The first-order chi connectivity index (χ1) is 14.6. The molecule has 0 fully saturated rings. The van der Waals surface area contributed by atoms with E-state index in [2.05, 4.69) is 97.1 Å². The molecule has 5 heteroatoms. The third-order valence-electron chi connectivity index (χ3n) is 4.85. The van der Waals surface area contributed by atoms with Gasteiger partial charge < -0.3 is 15.1 Å². The Morgan fingerprint density at radius 2 is 1.13 bits per heavy atom. The minimum Gasteiger partial charge on any atom is -0.402 e. The highest BCUT2D eigenvalue weighted by Crippen LogP contribution is 2.38. The predicted octanol–water partition coefficient (Wildman–Crippen LogP) is 4.67. The molecule has 0 aliphatic heterocycles. The Hall–Kier alpha value is -3.51. The maximum absolute atomic E-state index is 7.17. The number of para-hydroxylation sites is 1. The number of rotatable bonds is 2. The molecule has 30 heavy (non-hydrogen) atoms. The van der Waals surface area contributed by atoms with Gasteiger partial charge in [0.1, 0.15) is 0 Å². The lowest BCUT2D eigenvalue weighted by Gasteiger charge is -2.14. The van der Waals surface area contributed by atoms with Crippen LogP contribution in [0.4, 0.5) is 0 Å². The number of benzene rings is 4. The van der Waals surface area contributed by atoms with Crippen molar-refractivity contribution in [3.63, 3.8) is 0 Å². The summed E-state index contributed by atoms with van der Waals surface area (Å²) in [4.78, 5) is 4.90. The van der Waals surface area contributed by atoms with Gasteiger partial charge in [-0.1, -0.05) is 84.9 Å². The van der Waals surface area contributed by atoms with E-state index in [0.717, 1.165) is 11.0 Å². The number of aromatic nitrogens is 1. The van der Waals surface area contributed by atoms with Gasteiger partial charge in [0.2, 0.25) is 0 Å². The first-order valence-electron chi connectivity index (χ1n) is 9.61. The van der Waals surface area contributed by atoms with E-state index in [1.807, 2.05) is 6.07 Å². The molecule has 0 spiro atoms. The SMILES string of the molecule is OB(O)O.c1ccc(-c2ccc3nc4ccccc4cc3c2-c2ccccc2)cc1. The van der Waals surface area contributed by atoms with Gasteiger partial charge in [-0.3, -0.25) is 0 Å². The number of nitrogens with zero attached hydrogens (tertiary/aromatic N) is 1. The first kappa shape index (κ1) is 19.8. The van der Waals surface area contributed by atoms with Crippen molar-refractivity contribution >= 4 is 29.1 Å². The van der Waals surface area contributed by atoms with Gasteiger partial charge in [0, 0.05) is 10.8 Å². The second-order valence-corrected chi connectivity index (χ2v) is 6.81. The molecule has 0 atom stereocenters. The van der Waals surface area contributed by atoms with E-state index in [-0.39, 0.29) is 0 Å². The zero-order valence-corrected chi connectivity index (χ0v) is 16.2. The Balaban J connectivity index is 0.000000503. The Morgan fingerprint density at radius 1 is 0.567 bits per heavy atom. The van der Waals surface area contributed by atoms with Gasteiger partial charge in [-0.2, -0.15) is 0 Å². The third-order valence-corrected chi connectivity index (χ3v) is 4.85. The van der Waals surface area contributed by atoms with Gasteiger partial charge in [0.15, 0.2) is 0 Å². The van der Waals surface area contributed by atoms with Crippen LogP contribution in [-0.2, 0) is 0 Å². The maximum Gasteiger partial charge on any atom is 0.631 e. The molecule has 0 aliphatic rings. The molecule has 0 bridgehead atoms. The molecule has 0 amide bonds. The highest BCUT2D eigenvalue weighted by atomic mass is 16.5. The van der Waals surface area contributed by atoms with E-state index in [1.54, 1.807) is 0 Å². The van der Waals surface area contributed by atoms with Crippen molar-refractivity contribution in [2.24, 2.45) is 0 Å². The van der Waals surface area contributed by atoms with E-state index in [1.165, 1.54) is 33.0 Å². The van der Waals surface area contributed by atoms with Crippen molar-refractivity contribution in [1.82, 2.24) is 4.98 Å². The van der Waals surface area contributed by atoms with E-state index < -0.39 is 7.32 Å². The van der Waals surface area contributed by atoms with Crippen LogP contribution >= 0.6 is 0 Å². The molecule has 0 saturated heterocycles. The summed E-state index contributed by atoms with van der Waals surface area (Å²) in [6, 6.07) is 36.1. The van der Waals surface area contributed by atoms with Gasteiger partial charge in [0.05, 0.1) is 11.0 Å². The predicted molar refractivity (Wildman–Crippen MR) is 123 cm³/mol. The van der Waals surface area contributed by atoms with Crippen molar-refractivity contribution in [2.75, 3.05) is 0 Å². The molecule has 146 valence electrons. The average molecular weight is 393 g/mol. The molecule has 0 saturated carbocycles. The van der Waals surface area contributed by atoms with Crippen molar-refractivity contribution in [1.29, 1.82) is 0 Å². The normalized spacial score (nSPS) is 10.5. The van der Waals surface area contributed by atoms with Gasteiger partial charge in [-0.15, -0.1) is 0 Å². The Bertz CT molecular complexity index is 1270. The summed E-state index contributed by atoms with van der Waals surface area (Å²) in [5.74, 6) is 0. The van der Waals surface area contributed by atoms with Gasteiger partial charge in [0.25, 0.3) is 0 Å². The Kier molecular flexibility index (Phi) is 5.86. The summed E-state index contributed by atoms with van der Waals surface area (Å²) < 4.78 is 0. The Labute approximate surface area is 174 Å². The lowest BCUT2D eigenvalue weighted by Crippen LogP contribution is -2.07. The van der Waals surface area contributed by atoms with Crippen LogP contribution < -0.4 is 0 Å². The first-order valence-corrected chi connectivity index (χ1v) is 9.61. The van der Waals surface area contributed by atoms with Crippen molar-refractivity contribution in [3.05, 3.63) is 103 Å². The van der Waals surface area contributed by atoms with Crippen LogP contribution in [0.1, 0.15) is 0 Å². The number of hydrogen-bond acceptors (Lipinski definition) is 4. The number of hydrogen-bond donors (Lipinski definition) is 3. The lowest BCUT2D eigenvalue weighted by atomic mass is 9.90. The fourth-order valence-electron chi connectivity index (χ4n) is 3.62. The second kappa shape index (κ2) is 8.88. The summed E-state index contributed by atoms with van der Waals surface area (Å²) in [6.07, 6.45) is 0. The smallest absolute Gasteiger partial charge is 0.402 e. The molecule has 4 nitrogen and oxygen atoms in total. The van der Waals surface area contributed by atoms with Crippen LogP contribution in [-0.4, -0.2) is 27.4 Å². The fourth-order valence-corrected chi connectivity index (χ4v) is 3.62. The van der Waals surface area contributed by atoms with E-state index >= 15 is 0 Å². The maximum atomic E-state index is 7.17. The molecular weight excluding hydrogens is 373 g/mol. The fraction of sp³-hybridized carbons (Fsp3) is 0. The number of fused-ring (bicyclic) bond motifs is 2. The minimum absolute atomic E-state index is 1.03. The topological polar surface area (TPSA) is 73.6 Å². The van der Waals surface area contributed by atoms with E-state index in [4.69, 9.17) is 20.1 Å². The molecule has 1 heterocycles. The van der Waals surface area contributed by atoms with Crippen LogP contribution in [0.15, 0.2) is 103 Å². The summed E-state index contributed by atoms with van der Waals surface area (Å²) >= 11 is 0. The van der Waals surface area contributed by atoms with E-state index in [0.29, 0.717) is 0 Å². The molecular formula is C25H20BNO3. The monoisotopic (exact) mass is 393 g/mol. The largest absolute Gasteiger partial charge is 0.631 e. The van der Waals surface area contributed by atoms with Crippen LogP contribution in [0.25, 0.3) is 44.1 Å². The molecule has 0 radical (unpaired) electrons. The molecule has 0 aliphatic carbocycles. The van der Waals surface area contributed by atoms with Crippen molar-refractivity contribution in [2.45, 2.75) is 0 Å². The summed E-state index contributed by atoms with van der Waals surface area (Å²) in [7, 11) is -2.17. The molecule has 0 unspecified atom stereocenters. The molecule has 3 N–H and O–H groups in total. The summed E-state index contributed by atoms with van der Waals surface area (Å²) in [5.41, 5.74) is 6.98. The molecule has 5 rings (SSSR count).